The average Bonchev–Trinajstić information content (AvgIpc) is 2.50. The summed E-state index contributed by atoms with van der Waals surface area (Å²) in [4.78, 5) is 11.6. The van der Waals surface area contributed by atoms with E-state index in [1.165, 1.54) is 31.4 Å². The number of ether oxygens (including phenoxy) is 1. The van der Waals surface area contributed by atoms with Crippen molar-refractivity contribution in [2.45, 2.75) is 37.0 Å². The molecule has 21 heavy (non-hydrogen) atoms. The summed E-state index contributed by atoms with van der Waals surface area (Å²) in [7, 11) is -1.97. The normalized spacial score (nSPS) is 11.3. The van der Waals surface area contributed by atoms with Gasteiger partial charge in [-0.05, 0) is 37.1 Å². The number of carbonyl (C=O) groups excluding carboxylic acids is 1. The number of halogens is 1. The van der Waals surface area contributed by atoms with Crippen molar-refractivity contribution in [3.8, 4) is 0 Å². The molecule has 0 atom stereocenters. The minimum Gasteiger partial charge on any atom is -0.465 e. The Hall–Kier alpha value is -0.880. The Labute approximate surface area is 134 Å². The number of hydrogen-bond acceptors (Lipinski definition) is 4. The first-order chi connectivity index (χ1) is 10.0. The van der Waals surface area contributed by atoms with Gasteiger partial charge in [-0.1, -0.05) is 35.2 Å². The third kappa shape index (κ3) is 6.18. The van der Waals surface area contributed by atoms with E-state index in [2.05, 4.69) is 20.7 Å². The van der Waals surface area contributed by atoms with Crippen molar-refractivity contribution in [3.63, 3.8) is 0 Å². The summed E-state index contributed by atoms with van der Waals surface area (Å²) >= 11 is 3.37. The Morgan fingerprint density at radius 3 is 2.19 bits per heavy atom. The maximum atomic E-state index is 12.1. The number of rotatable bonds is 9. The second kappa shape index (κ2) is 9.20. The number of esters is 1. The maximum Gasteiger partial charge on any atom is 0.337 e. The van der Waals surface area contributed by atoms with E-state index in [0.29, 0.717) is 12.0 Å². The van der Waals surface area contributed by atoms with Crippen LogP contribution in [-0.2, 0) is 14.6 Å². The molecule has 0 heterocycles. The number of benzene rings is 1. The van der Waals surface area contributed by atoms with Gasteiger partial charge in [-0.15, -0.1) is 0 Å². The van der Waals surface area contributed by atoms with Crippen LogP contribution in [0.25, 0.3) is 0 Å². The average molecular weight is 377 g/mol. The van der Waals surface area contributed by atoms with E-state index in [4.69, 9.17) is 0 Å². The first-order valence-corrected chi connectivity index (χ1v) is 9.75. The number of alkyl halides is 1. The monoisotopic (exact) mass is 376 g/mol. The molecule has 0 amide bonds. The highest BCUT2D eigenvalue weighted by molar-refractivity contribution is 9.09. The highest BCUT2D eigenvalue weighted by atomic mass is 79.9. The molecular weight excluding hydrogens is 356 g/mol. The van der Waals surface area contributed by atoms with Gasteiger partial charge in [0.2, 0.25) is 0 Å². The van der Waals surface area contributed by atoms with Crippen LogP contribution in [0.4, 0.5) is 0 Å². The molecule has 0 unspecified atom stereocenters. The second-order valence-corrected chi connectivity index (χ2v) is 7.69. The summed E-state index contributed by atoms with van der Waals surface area (Å²) in [6, 6.07) is 5.89. The number of hydrogen-bond donors (Lipinski definition) is 0. The van der Waals surface area contributed by atoms with Gasteiger partial charge in [-0.25, -0.2) is 13.2 Å². The minimum absolute atomic E-state index is 0.152. The van der Waals surface area contributed by atoms with Crippen molar-refractivity contribution >= 4 is 31.7 Å². The van der Waals surface area contributed by atoms with Crippen molar-refractivity contribution in [2.24, 2.45) is 0 Å². The second-order valence-electron chi connectivity index (χ2n) is 4.79. The molecule has 0 aliphatic heterocycles. The van der Waals surface area contributed by atoms with Gasteiger partial charge in [0.05, 0.1) is 23.3 Å². The highest BCUT2D eigenvalue weighted by Gasteiger charge is 2.15. The Bertz CT molecular complexity index is 537. The standard InChI is InChI=1S/C15H21BrO4S/c1-20-15(17)13-7-9-14(10-8-13)21(18,19)12-6-4-2-3-5-11-16/h7-10H,2-6,11-12H2,1H3. The van der Waals surface area contributed by atoms with Gasteiger partial charge in [0.25, 0.3) is 0 Å². The van der Waals surface area contributed by atoms with Crippen molar-refractivity contribution in [2.75, 3.05) is 18.2 Å². The van der Waals surface area contributed by atoms with E-state index in [1.54, 1.807) is 0 Å². The molecule has 0 N–H and O–H groups in total. The van der Waals surface area contributed by atoms with Crippen LogP contribution in [-0.4, -0.2) is 32.6 Å². The van der Waals surface area contributed by atoms with E-state index in [0.717, 1.165) is 31.0 Å². The fraction of sp³-hybridized carbons (Fsp3) is 0.533. The van der Waals surface area contributed by atoms with Crippen LogP contribution >= 0.6 is 15.9 Å². The summed E-state index contributed by atoms with van der Waals surface area (Å²) in [6.07, 6.45) is 4.90. The van der Waals surface area contributed by atoms with E-state index in [1.807, 2.05) is 0 Å². The van der Waals surface area contributed by atoms with Crippen molar-refractivity contribution < 1.29 is 17.9 Å². The quantitative estimate of drug-likeness (QED) is 0.375. The van der Waals surface area contributed by atoms with Crippen molar-refractivity contribution in [1.82, 2.24) is 0 Å². The molecule has 0 aliphatic rings. The summed E-state index contributed by atoms with van der Waals surface area (Å²) in [5, 5.41) is 0.998. The van der Waals surface area contributed by atoms with Crippen molar-refractivity contribution in [3.05, 3.63) is 29.8 Å². The SMILES string of the molecule is COC(=O)c1ccc(S(=O)(=O)CCCCCCCBr)cc1. The lowest BCUT2D eigenvalue weighted by atomic mass is 10.2. The minimum atomic E-state index is -3.26. The van der Waals surface area contributed by atoms with Gasteiger partial charge in [-0.2, -0.15) is 0 Å². The number of methoxy groups -OCH3 is 1. The fourth-order valence-electron chi connectivity index (χ4n) is 1.95. The molecule has 0 radical (unpaired) electrons. The molecule has 0 saturated carbocycles. The van der Waals surface area contributed by atoms with Crippen LogP contribution < -0.4 is 0 Å². The molecule has 118 valence electrons. The first kappa shape index (κ1) is 18.2. The maximum absolute atomic E-state index is 12.1. The van der Waals surface area contributed by atoms with Crippen LogP contribution in [0.2, 0.25) is 0 Å². The zero-order chi connectivity index (χ0) is 15.7. The predicted molar refractivity (Wildman–Crippen MR) is 86.7 cm³/mol. The molecule has 1 aromatic rings. The Morgan fingerprint density at radius 2 is 1.62 bits per heavy atom. The molecule has 0 spiro atoms. The molecule has 0 saturated heterocycles. The molecule has 0 fully saturated rings. The number of sulfone groups is 1. The zero-order valence-corrected chi connectivity index (χ0v) is 14.6. The largest absolute Gasteiger partial charge is 0.465 e. The molecular formula is C15H21BrO4S. The van der Waals surface area contributed by atoms with Crippen LogP contribution in [0.1, 0.15) is 42.5 Å². The molecule has 1 aromatic carbocycles. The zero-order valence-electron chi connectivity index (χ0n) is 12.2. The lowest BCUT2D eigenvalue weighted by Crippen LogP contribution is -2.08. The predicted octanol–water partition coefficient (Wildman–Crippen LogP) is 3.59. The number of unbranched alkanes of at least 4 members (excludes halogenated alkanes) is 4. The fourth-order valence-corrected chi connectivity index (χ4v) is 3.72. The van der Waals surface area contributed by atoms with Crippen LogP contribution in [0, 0.1) is 0 Å². The topological polar surface area (TPSA) is 60.4 Å². The summed E-state index contributed by atoms with van der Waals surface area (Å²) in [6.45, 7) is 0. The van der Waals surface area contributed by atoms with E-state index in [-0.39, 0.29) is 10.6 Å². The molecule has 0 bridgehead atoms. The first-order valence-electron chi connectivity index (χ1n) is 6.98. The molecule has 0 aliphatic carbocycles. The molecule has 0 aromatic heterocycles. The summed E-state index contributed by atoms with van der Waals surface area (Å²) in [5.74, 6) is -0.315. The third-order valence-corrected chi connectivity index (χ3v) is 5.56. The van der Waals surface area contributed by atoms with Crippen LogP contribution in [0.5, 0.6) is 0 Å². The molecule has 1 rings (SSSR count). The Balaban J connectivity index is 2.52. The van der Waals surface area contributed by atoms with E-state index >= 15 is 0 Å². The molecule has 4 nitrogen and oxygen atoms in total. The highest BCUT2D eigenvalue weighted by Crippen LogP contribution is 2.15. The summed E-state index contributed by atoms with van der Waals surface area (Å²) in [5.41, 5.74) is 0.353. The van der Waals surface area contributed by atoms with Gasteiger partial charge in [0.15, 0.2) is 9.84 Å². The van der Waals surface area contributed by atoms with E-state index in [9.17, 15) is 13.2 Å². The number of carbonyl (C=O) groups is 1. The lowest BCUT2D eigenvalue weighted by Gasteiger charge is -2.05. The smallest absolute Gasteiger partial charge is 0.337 e. The van der Waals surface area contributed by atoms with Crippen LogP contribution in [0.3, 0.4) is 0 Å². The van der Waals surface area contributed by atoms with E-state index < -0.39 is 15.8 Å². The Kier molecular flexibility index (Phi) is 7.96. The summed E-state index contributed by atoms with van der Waals surface area (Å²) < 4.78 is 28.9. The van der Waals surface area contributed by atoms with Crippen LogP contribution in [0.15, 0.2) is 29.2 Å². The van der Waals surface area contributed by atoms with Gasteiger partial charge in [0, 0.05) is 5.33 Å². The Morgan fingerprint density at radius 1 is 1.05 bits per heavy atom. The lowest BCUT2D eigenvalue weighted by molar-refractivity contribution is 0.0600. The molecule has 6 heteroatoms. The van der Waals surface area contributed by atoms with Gasteiger partial charge >= 0.3 is 5.97 Å². The van der Waals surface area contributed by atoms with Gasteiger partial charge in [0.1, 0.15) is 0 Å². The van der Waals surface area contributed by atoms with Crippen molar-refractivity contribution in [1.29, 1.82) is 0 Å². The van der Waals surface area contributed by atoms with Gasteiger partial charge < -0.3 is 4.74 Å². The third-order valence-electron chi connectivity index (χ3n) is 3.18. The van der Waals surface area contributed by atoms with Gasteiger partial charge in [-0.3, -0.25) is 0 Å².